The van der Waals surface area contributed by atoms with Crippen LogP contribution in [-0.2, 0) is 66.3 Å². The van der Waals surface area contributed by atoms with Crippen LogP contribution in [0, 0.1) is 22.7 Å². The maximum absolute atomic E-state index is 11.8. The van der Waals surface area contributed by atoms with Crippen LogP contribution in [0.5, 0.6) is 5.75 Å². The highest BCUT2D eigenvalue weighted by atomic mass is 16.8. The van der Waals surface area contributed by atoms with Crippen LogP contribution in [0.15, 0.2) is 18.2 Å². The van der Waals surface area contributed by atoms with Gasteiger partial charge in [-0.3, -0.25) is 0 Å². The number of rotatable bonds is 9. The highest BCUT2D eigenvalue weighted by Crippen LogP contribution is 2.39. The van der Waals surface area contributed by atoms with Crippen LogP contribution in [0.25, 0.3) is 0 Å². The molecule has 0 spiro atoms. The standard InChI is InChI=1S/C50H72N2O35/c51-4-13-1-2-15(3-14(13)5-52)73-12-22-43-29(65)36(72)50(80-22)86-42-21(11-58)78-48(34(70)27(42)63)84-40-19(9-56)76-46(32(68)25(40)61)82-38-17(7-54)74-44(30(66)23(38)59)81-37-16(6-53)75-45(31(67)24(37)60)83-39-18(8-55)77-47(33(69)26(39)62)85-41-20(10-57)79-49(87-43)35(71)28(41)64/h1-3,16-50,53-72H,6-12H2/t16-,17-,18-,19-,20-,21-,22-,23-,24-,25-,26-,27-,28-,29-,30-,31-,32-,33-,34-,35-,36-,37-,38-,39-,40-,41-,42-,43-,44-,45-,46-,47-,48-,49-,50-/m1/s1. The fourth-order valence-corrected chi connectivity index (χ4v) is 11.4. The van der Waals surface area contributed by atoms with Crippen molar-refractivity contribution in [2.75, 3.05) is 46.2 Å². The maximum Gasteiger partial charge on any atom is 0.187 e. The summed E-state index contributed by atoms with van der Waals surface area (Å²) in [7, 11) is 0. The summed E-state index contributed by atoms with van der Waals surface area (Å²) in [5, 5.41) is 243. The van der Waals surface area contributed by atoms with E-state index < -0.39 is 261 Å². The summed E-state index contributed by atoms with van der Waals surface area (Å²) in [5.41, 5.74) is -0.180. The molecule has 37 heteroatoms. The van der Waals surface area contributed by atoms with Crippen molar-refractivity contribution in [3.63, 3.8) is 0 Å². The molecule has 1 aromatic carbocycles. The molecule has 37 nitrogen and oxygen atoms in total. The third-order valence-corrected chi connectivity index (χ3v) is 16.2. The lowest BCUT2D eigenvalue weighted by molar-refractivity contribution is -0.396. The van der Waals surface area contributed by atoms with E-state index in [1.807, 2.05) is 12.1 Å². The first-order chi connectivity index (χ1) is 41.6. The van der Waals surface area contributed by atoms with Gasteiger partial charge in [0, 0.05) is 0 Å². The minimum absolute atomic E-state index is 0.0420. The molecule has 21 saturated heterocycles. The van der Waals surface area contributed by atoms with Gasteiger partial charge in [-0.25, -0.2) is 0 Å². The average Bonchev–Trinajstić information content (AvgIpc) is 1.15. The summed E-state index contributed by atoms with van der Waals surface area (Å²) in [5.74, 6) is -0.0828. The van der Waals surface area contributed by atoms with Gasteiger partial charge in [0.25, 0.3) is 0 Å². The number of hydrogen-bond donors (Lipinski definition) is 20. The van der Waals surface area contributed by atoms with E-state index in [0.29, 0.717) is 0 Å². The number of nitriles is 2. The van der Waals surface area contributed by atoms with E-state index in [4.69, 9.17) is 71.1 Å². The first kappa shape index (κ1) is 68.0. The molecule has 21 aliphatic heterocycles. The van der Waals surface area contributed by atoms with Crippen molar-refractivity contribution in [1.82, 2.24) is 0 Å². The first-order valence-corrected chi connectivity index (χ1v) is 27.5. The van der Waals surface area contributed by atoms with Gasteiger partial charge in [0.1, 0.15) is 195 Å². The molecule has 22 rings (SSSR count). The predicted molar refractivity (Wildman–Crippen MR) is 263 cm³/mol. The molecule has 0 amide bonds. The Kier molecular flexibility index (Phi) is 22.7. The van der Waals surface area contributed by atoms with Crippen molar-refractivity contribution >= 4 is 0 Å². The minimum atomic E-state index is -2.27. The molecule has 492 valence electrons. The largest absolute Gasteiger partial charge is 0.491 e. The Labute approximate surface area is 491 Å². The Morgan fingerprint density at radius 1 is 0.287 bits per heavy atom. The van der Waals surface area contributed by atoms with Crippen molar-refractivity contribution < 1.29 is 173 Å². The van der Waals surface area contributed by atoms with Crippen LogP contribution < -0.4 is 4.74 Å². The zero-order chi connectivity index (χ0) is 63.0. The minimum Gasteiger partial charge on any atom is -0.491 e. The lowest BCUT2D eigenvalue weighted by Gasteiger charge is -2.50. The molecule has 21 heterocycles. The second kappa shape index (κ2) is 29.1. The third-order valence-electron chi connectivity index (χ3n) is 16.2. The third kappa shape index (κ3) is 13.6. The van der Waals surface area contributed by atoms with Crippen LogP contribution in [-0.4, -0.2) is 363 Å². The summed E-state index contributed by atoms with van der Waals surface area (Å²) in [6.07, 6.45) is -71.6. The second-order valence-corrected chi connectivity index (χ2v) is 21.7. The number of hydrogen-bond acceptors (Lipinski definition) is 37. The lowest BCUT2D eigenvalue weighted by Crippen LogP contribution is -2.68. The van der Waals surface area contributed by atoms with Gasteiger partial charge in [-0.2, -0.15) is 10.5 Å². The van der Waals surface area contributed by atoms with Gasteiger partial charge in [0.2, 0.25) is 0 Å². The highest BCUT2D eigenvalue weighted by Gasteiger charge is 2.59. The van der Waals surface area contributed by atoms with Crippen molar-refractivity contribution in [2.24, 2.45) is 0 Å². The molecule has 0 radical (unpaired) electrons. The number of benzene rings is 1. The van der Waals surface area contributed by atoms with Gasteiger partial charge in [0.05, 0.1) is 50.8 Å². The summed E-state index contributed by atoms with van der Waals surface area (Å²) >= 11 is 0. The van der Waals surface area contributed by atoms with Gasteiger partial charge in [-0.1, -0.05) is 0 Å². The van der Waals surface area contributed by atoms with E-state index >= 15 is 0 Å². The molecule has 14 bridgehead atoms. The Morgan fingerprint density at radius 3 is 0.701 bits per heavy atom. The number of aliphatic hydroxyl groups is 20. The monoisotopic (exact) mass is 1260 g/mol. The van der Waals surface area contributed by atoms with Gasteiger partial charge in [-0.15, -0.1) is 0 Å². The molecular formula is C50H72N2O35. The van der Waals surface area contributed by atoms with E-state index in [0.717, 1.165) is 6.07 Å². The fourth-order valence-electron chi connectivity index (χ4n) is 11.4. The quantitative estimate of drug-likeness (QED) is 0.109. The summed E-state index contributed by atoms with van der Waals surface area (Å²) in [4.78, 5) is 0. The van der Waals surface area contributed by atoms with Crippen molar-refractivity contribution in [3.8, 4) is 17.9 Å². The molecule has 0 saturated carbocycles. The van der Waals surface area contributed by atoms with Crippen molar-refractivity contribution in [2.45, 2.75) is 215 Å². The molecule has 21 aliphatic rings. The maximum atomic E-state index is 11.8. The van der Waals surface area contributed by atoms with E-state index in [9.17, 15) is 113 Å². The first-order valence-electron chi connectivity index (χ1n) is 27.5. The van der Waals surface area contributed by atoms with Crippen LogP contribution in [0.1, 0.15) is 11.1 Å². The van der Waals surface area contributed by atoms with Crippen molar-refractivity contribution in [3.05, 3.63) is 29.3 Å². The Balaban J connectivity index is 1.02. The SMILES string of the molecule is N#Cc1ccc(OC[C@H]2O[C@@H]3O[C@H]4[C@H](O)[C@@H](O)[C@@H](O[C@H]5[C@H](O)[C@@H](O)[C@@H](O[C@H]6[C@H](O)[C@@H](O)[C@@H](O[C@H]7[C@H](O)[C@@H](O)[C@@H](O[C@H]8[C@H](O)[C@@H](O)[C@@H](O[C@H]9[C@H](O)[C@@H](O)[C@@H](O[C@H]2[C@H](O)[C@H]3O)O[C@@H]9CO)O[C@@H]8CO)O[C@@H]7CO)O[C@@H]6CO)O[C@@H]5CO)O[C@@H]4CO)cc1C#N. The van der Waals surface area contributed by atoms with Gasteiger partial charge >= 0.3 is 0 Å². The van der Waals surface area contributed by atoms with E-state index in [-0.39, 0.29) is 16.9 Å². The summed E-state index contributed by atoms with van der Waals surface area (Å²) in [6, 6.07) is 7.32. The molecular weight excluding hydrogens is 1190 g/mol. The van der Waals surface area contributed by atoms with E-state index in [1.54, 1.807) is 0 Å². The average molecular weight is 1260 g/mol. The molecule has 1 aromatic rings. The van der Waals surface area contributed by atoms with Crippen LogP contribution in [0.4, 0.5) is 0 Å². The van der Waals surface area contributed by atoms with Crippen LogP contribution in [0.2, 0.25) is 0 Å². The van der Waals surface area contributed by atoms with Crippen LogP contribution >= 0.6 is 0 Å². The smallest absolute Gasteiger partial charge is 0.187 e. The highest BCUT2D eigenvalue weighted by molar-refractivity contribution is 5.49. The summed E-state index contributed by atoms with van der Waals surface area (Å²) < 4.78 is 86.8. The molecule has 0 aromatic heterocycles. The van der Waals surface area contributed by atoms with Crippen molar-refractivity contribution in [1.29, 1.82) is 10.5 Å². The van der Waals surface area contributed by atoms with E-state index in [2.05, 4.69) is 0 Å². The Bertz CT molecular complexity index is 2450. The zero-order valence-corrected chi connectivity index (χ0v) is 45.4. The fraction of sp³-hybridized carbons (Fsp3) is 0.840. The Morgan fingerprint density at radius 2 is 0.494 bits per heavy atom. The normalized spacial score (nSPS) is 50.1. The van der Waals surface area contributed by atoms with Crippen LogP contribution in [0.3, 0.4) is 0 Å². The second-order valence-electron chi connectivity index (χ2n) is 21.7. The summed E-state index contributed by atoms with van der Waals surface area (Å²) in [6.45, 7) is -7.18. The zero-order valence-electron chi connectivity index (χ0n) is 45.4. The number of ether oxygens (including phenoxy) is 15. The van der Waals surface area contributed by atoms with E-state index in [1.165, 1.54) is 12.1 Å². The molecule has 0 aliphatic carbocycles. The number of nitrogens with zero attached hydrogens (tertiary/aromatic N) is 2. The Hall–Kier alpha value is -3.36. The number of aliphatic hydroxyl groups excluding tert-OH is 20. The van der Waals surface area contributed by atoms with Gasteiger partial charge in [0.15, 0.2) is 44.0 Å². The molecule has 0 unspecified atom stereocenters. The molecule has 20 N–H and O–H groups in total. The molecule has 35 atom stereocenters. The lowest BCUT2D eigenvalue weighted by atomic mass is 9.95. The molecule has 21 fully saturated rings. The van der Waals surface area contributed by atoms with Gasteiger partial charge in [-0.05, 0) is 18.2 Å². The molecule has 87 heavy (non-hydrogen) atoms. The van der Waals surface area contributed by atoms with Gasteiger partial charge < -0.3 is 173 Å². The predicted octanol–water partition coefficient (Wildman–Crippen LogP) is -13.4. The topological polar surface area (TPSA) is 591 Å².